The van der Waals surface area contributed by atoms with Crippen LogP contribution in [0.5, 0.6) is 0 Å². The highest BCUT2D eigenvalue weighted by Crippen LogP contribution is 2.32. The highest BCUT2D eigenvalue weighted by Gasteiger charge is 2.34. The number of hydrogen-bond acceptors (Lipinski definition) is 5. The summed E-state index contributed by atoms with van der Waals surface area (Å²) < 4.78 is 37.6. The van der Waals surface area contributed by atoms with Crippen LogP contribution < -0.4 is 16.4 Å². The number of guanidine groups is 2. The highest BCUT2D eigenvalue weighted by atomic mass is 35.5. The van der Waals surface area contributed by atoms with Crippen molar-refractivity contribution in [3.8, 4) is 0 Å². The lowest BCUT2D eigenvalue weighted by atomic mass is 10.1. The summed E-state index contributed by atoms with van der Waals surface area (Å²) in [5.41, 5.74) is 10.2. The fraction of sp³-hybridized carbons (Fsp3) is 0.333. The molecule has 5 nitrogen and oxygen atoms in total. The average Bonchev–Trinajstić information content (AvgIpc) is 2.25. The third kappa shape index (κ3) is 3.38. The molecule has 0 fully saturated rings. The Morgan fingerprint density at radius 3 is 2.05 bits per heavy atom. The van der Waals surface area contributed by atoms with Crippen molar-refractivity contribution in [3.05, 3.63) is 29.8 Å². The van der Waals surface area contributed by atoms with Gasteiger partial charge in [-0.3, -0.25) is 4.90 Å². The summed E-state index contributed by atoms with van der Waals surface area (Å²) in [4.78, 5) is 9.48. The van der Waals surface area contributed by atoms with E-state index in [2.05, 4.69) is 9.98 Å². The van der Waals surface area contributed by atoms with Crippen LogP contribution in [0.3, 0.4) is 0 Å². The normalized spacial score (nSPS) is 17.7. The van der Waals surface area contributed by atoms with Gasteiger partial charge in [0.2, 0.25) is 11.9 Å². The number of rotatable bonds is 1. The van der Waals surface area contributed by atoms with Crippen LogP contribution in [0, 0.1) is 0 Å². The molecule has 0 atom stereocenters. The predicted octanol–water partition coefficient (Wildman–Crippen LogP) is 2.31. The van der Waals surface area contributed by atoms with E-state index in [1.54, 1.807) is 13.8 Å². The molecule has 1 heterocycles. The maximum absolute atomic E-state index is 12.5. The summed E-state index contributed by atoms with van der Waals surface area (Å²) in [5, 5.41) is 0. The topological polar surface area (TPSA) is 80.0 Å². The van der Waals surface area contributed by atoms with E-state index in [9.17, 15) is 13.2 Å². The molecule has 0 saturated heterocycles. The second-order valence-electron chi connectivity index (χ2n) is 4.81. The van der Waals surface area contributed by atoms with Crippen molar-refractivity contribution < 1.29 is 13.2 Å². The van der Waals surface area contributed by atoms with E-state index in [4.69, 9.17) is 11.5 Å². The molecule has 0 bridgehead atoms. The maximum atomic E-state index is 12.5. The van der Waals surface area contributed by atoms with Crippen LogP contribution in [0.1, 0.15) is 19.4 Å². The molecular formula is C12H15ClF3N5. The molecule has 1 aliphatic heterocycles. The minimum atomic E-state index is -4.38. The first-order chi connectivity index (χ1) is 9.11. The Kier molecular flexibility index (Phi) is 4.43. The lowest BCUT2D eigenvalue weighted by Crippen LogP contribution is -2.54. The summed E-state index contributed by atoms with van der Waals surface area (Å²) in [6, 6.07) is 4.62. The number of nitrogens with zero attached hydrogens (tertiary/aromatic N) is 3. The standard InChI is InChI=1S/C12H14F3N5.ClH/c1-11(2)19-9(16)18-10(17)20(11)8-5-3-7(4-6-8)12(13,14)15;/h3-6H,1-2H3,(H4,16,17,18,19);1H. The van der Waals surface area contributed by atoms with Crippen molar-refractivity contribution in [3.63, 3.8) is 0 Å². The van der Waals surface area contributed by atoms with Gasteiger partial charge in [-0.25, -0.2) is 4.99 Å². The first kappa shape index (κ1) is 17.1. The molecule has 0 radical (unpaired) electrons. The van der Waals surface area contributed by atoms with Crippen LogP contribution >= 0.6 is 12.4 Å². The van der Waals surface area contributed by atoms with Gasteiger partial charge in [-0.05, 0) is 38.1 Å². The van der Waals surface area contributed by atoms with Crippen LogP contribution in [0.15, 0.2) is 34.3 Å². The Bertz CT molecular complexity index is 578. The van der Waals surface area contributed by atoms with Crippen LogP contribution in [-0.4, -0.2) is 17.6 Å². The largest absolute Gasteiger partial charge is 0.416 e. The molecule has 21 heavy (non-hydrogen) atoms. The van der Waals surface area contributed by atoms with E-state index in [1.807, 2.05) is 0 Å². The van der Waals surface area contributed by atoms with Crippen molar-refractivity contribution in [2.45, 2.75) is 25.7 Å². The first-order valence-electron chi connectivity index (χ1n) is 5.78. The second kappa shape index (κ2) is 5.44. The fourth-order valence-electron chi connectivity index (χ4n) is 2.05. The van der Waals surface area contributed by atoms with Crippen molar-refractivity contribution in [1.29, 1.82) is 0 Å². The Labute approximate surface area is 125 Å². The van der Waals surface area contributed by atoms with Gasteiger partial charge in [0.05, 0.1) is 5.56 Å². The average molecular weight is 322 g/mol. The first-order valence-corrected chi connectivity index (χ1v) is 5.78. The molecule has 9 heteroatoms. The summed E-state index contributed by atoms with van der Waals surface area (Å²) in [5.74, 6) is 0.123. The number of aliphatic imine (C=N–C) groups is 2. The smallest absolute Gasteiger partial charge is 0.369 e. The molecule has 1 aliphatic rings. The molecule has 0 saturated carbocycles. The molecule has 1 aromatic carbocycles. The number of hydrogen-bond donors (Lipinski definition) is 2. The SMILES string of the molecule is CC1(C)N=C(N)N=C(N)N1c1ccc(C(F)(F)F)cc1.Cl. The zero-order valence-corrected chi connectivity index (χ0v) is 12.2. The Hall–Kier alpha value is -1.96. The molecule has 2 rings (SSSR count). The van der Waals surface area contributed by atoms with E-state index in [0.29, 0.717) is 5.69 Å². The summed E-state index contributed by atoms with van der Waals surface area (Å²) in [6.45, 7) is 3.47. The minimum Gasteiger partial charge on any atom is -0.369 e. The monoisotopic (exact) mass is 321 g/mol. The van der Waals surface area contributed by atoms with Gasteiger partial charge in [-0.15, -0.1) is 12.4 Å². The summed E-state index contributed by atoms with van der Waals surface area (Å²) in [6.07, 6.45) is -4.38. The fourth-order valence-corrected chi connectivity index (χ4v) is 2.05. The Morgan fingerprint density at radius 1 is 1.10 bits per heavy atom. The summed E-state index contributed by atoms with van der Waals surface area (Å²) >= 11 is 0. The van der Waals surface area contributed by atoms with Crippen LogP contribution in [0.2, 0.25) is 0 Å². The van der Waals surface area contributed by atoms with E-state index in [1.165, 1.54) is 17.0 Å². The van der Waals surface area contributed by atoms with Gasteiger partial charge in [-0.2, -0.15) is 18.2 Å². The molecular weight excluding hydrogens is 307 g/mol. The van der Waals surface area contributed by atoms with Gasteiger partial charge in [0.1, 0.15) is 5.66 Å². The predicted molar refractivity (Wildman–Crippen MR) is 78.5 cm³/mol. The molecule has 1 aromatic rings. The van der Waals surface area contributed by atoms with Crippen LogP contribution in [-0.2, 0) is 6.18 Å². The zero-order valence-electron chi connectivity index (χ0n) is 11.3. The Morgan fingerprint density at radius 2 is 1.62 bits per heavy atom. The lowest BCUT2D eigenvalue weighted by molar-refractivity contribution is -0.137. The lowest BCUT2D eigenvalue weighted by Gasteiger charge is -2.38. The van der Waals surface area contributed by atoms with Gasteiger partial charge in [0.25, 0.3) is 0 Å². The van der Waals surface area contributed by atoms with Crippen molar-refractivity contribution >= 4 is 30.0 Å². The Balaban J connectivity index is 0.00000220. The van der Waals surface area contributed by atoms with Gasteiger partial charge in [0.15, 0.2) is 0 Å². The molecule has 0 aliphatic carbocycles. The van der Waals surface area contributed by atoms with E-state index in [-0.39, 0.29) is 24.3 Å². The van der Waals surface area contributed by atoms with Gasteiger partial charge in [0, 0.05) is 5.69 Å². The molecule has 4 N–H and O–H groups in total. The van der Waals surface area contributed by atoms with Gasteiger partial charge < -0.3 is 11.5 Å². The van der Waals surface area contributed by atoms with Crippen LogP contribution in [0.4, 0.5) is 18.9 Å². The zero-order chi connectivity index (χ0) is 15.1. The summed E-state index contributed by atoms with van der Waals surface area (Å²) in [7, 11) is 0. The molecule has 0 amide bonds. The van der Waals surface area contributed by atoms with E-state index < -0.39 is 17.4 Å². The van der Waals surface area contributed by atoms with Crippen molar-refractivity contribution in [2.75, 3.05) is 4.90 Å². The molecule has 0 spiro atoms. The molecule has 0 aromatic heterocycles. The number of halogens is 4. The highest BCUT2D eigenvalue weighted by molar-refractivity contribution is 6.05. The van der Waals surface area contributed by atoms with Crippen molar-refractivity contribution in [1.82, 2.24) is 0 Å². The maximum Gasteiger partial charge on any atom is 0.416 e. The number of anilines is 1. The minimum absolute atomic E-state index is 0. The second-order valence-corrected chi connectivity index (χ2v) is 4.81. The quantitative estimate of drug-likeness (QED) is 0.833. The number of nitrogens with two attached hydrogens (primary N) is 2. The number of benzene rings is 1. The molecule has 0 unspecified atom stereocenters. The van der Waals surface area contributed by atoms with E-state index >= 15 is 0 Å². The van der Waals surface area contributed by atoms with Gasteiger partial charge in [-0.1, -0.05) is 0 Å². The van der Waals surface area contributed by atoms with Gasteiger partial charge >= 0.3 is 6.18 Å². The van der Waals surface area contributed by atoms with Crippen molar-refractivity contribution in [2.24, 2.45) is 21.5 Å². The third-order valence-corrected chi connectivity index (χ3v) is 2.85. The molecule has 116 valence electrons. The van der Waals surface area contributed by atoms with Crippen LogP contribution in [0.25, 0.3) is 0 Å². The van der Waals surface area contributed by atoms with E-state index in [0.717, 1.165) is 12.1 Å². The number of alkyl halides is 3. The third-order valence-electron chi connectivity index (χ3n) is 2.85.